The molecule has 2 aromatic rings. The molecule has 1 N–H and O–H groups in total. The summed E-state index contributed by atoms with van der Waals surface area (Å²) in [6, 6.07) is 6.46. The third-order valence-electron chi connectivity index (χ3n) is 4.28. The monoisotopic (exact) mass is 347 g/mol. The smallest absolute Gasteiger partial charge is 0.250 e. The van der Waals surface area contributed by atoms with E-state index < -0.39 is 0 Å². The van der Waals surface area contributed by atoms with Gasteiger partial charge in [0.05, 0.1) is 26.7 Å². The number of rotatable bonds is 5. The van der Waals surface area contributed by atoms with Gasteiger partial charge in [0.2, 0.25) is 0 Å². The van der Waals surface area contributed by atoms with Crippen molar-refractivity contribution in [1.82, 2.24) is 14.9 Å². The van der Waals surface area contributed by atoms with E-state index in [1.165, 1.54) is 25.6 Å². The first-order chi connectivity index (χ1) is 12.1. The van der Waals surface area contributed by atoms with Crippen LogP contribution in [0.4, 0.5) is 4.39 Å². The minimum Gasteiger partial charge on any atom is -0.494 e. The lowest BCUT2D eigenvalue weighted by molar-refractivity contribution is 0.121. The Kier molecular flexibility index (Phi) is 5.78. The molecule has 1 saturated heterocycles. The van der Waals surface area contributed by atoms with E-state index >= 15 is 0 Å². The summed E-state index contributed by atoms with van der Waals surface area (Å²) in [6.45, 7) is 3.61. The summed E-state index contributed by atoms with van der Waals surface area (Å²) in [5, 5.41) is 0. The van der Waals surface area contributed by atoms with E-state index in [0.717, 1.165) is 24.3 Å². The molecule has 3 rings (SSSR count). The van der Waals surface area contributed by atoms with Gasteiger partial charge in [-0.05, 0) is 24.1 Å². The second kappa shape index (κ2) is 8.22. The van der Waals surface area contributed by atoms with Gasteiger partial charge in [-0.2, -0.15) is 0 Å². The van der Waals surface area contributed by atoms with E-state index in [-0.39, 0.29) is 23.0 Å². The summed E-state index contributed by atoms with van der Waals surface area (Å²) in [6.07, 6.45) is 2.12. The summed E-state index contributed by atoms with van der Waals surface area (Å²) in [7, 11) is 1.46. The Labute approximate surface area is 145 Å². The van der Waals surface area contributed by atoms with Crippen molar-refractivity contribution < 1.29 is 13.9 Å². The number of methoxy groups -OCH3 is 1. The molecule has 2 heterocycles. The maximum Gasteiger partial charge on any atom is 0.250 e. The zero-order valence-corrected chi connectivity index (χ0v) is 14.2. The van der Waals surface area contributed by atoms with Crippen molar-refractivity contribution in [3.63, 3.8) is 0 Å². The van der Waals surface area contributed by atoms with Gasteiger partial charge in [-0.15, -0.1) is 0 Å². The summed E-state index contributed by atoms with van der Waals surface area (Å²) in [4.78, 5) is 20.4. The molecule has 1 unspecified atom stereocenters. The lowest BCUT2D eigenvalue weighted by atomic mass is 10.0. The van der Waals surface area contributed by atoms with Crippen LogP contribution in [-0.4, -0.2) is 48.3 Å². The largest absolute Gasteiger partial charge is 0.494 e. The van der Waals surface area contributed by atoms with Crippen LogP contribution in [0.5, 0.6) is 5.75 Å². The molecule has 0 spiro atoms. The third kappa shape index (κ3) is 4.87. The van der Waals surface area contributed by atoms with Crippen LogP contribution in [0.25, 0.3) is 0 Å². The molecule has 6 nitrogen and oxygen atoms in total. The van der Waals surface area contributed by atoms with E-state index in [1.807, 2.05) is 0 Å². The molecule has 0 aliphatic carbocycles. The summed E-state index contributed by atoms with van der Waals surface area (Å²) >= 11 is 0. The molecule has 0 radical (unpaired) electrons. The Bertz CT molecular complexity index is 765. The molecule has 25 heavy (non-hydrogen) atoms. The second-order valence-corrected chi connectivity index (χ2v) is 6.25. The maximum absolute atomic E-state index is 13.6. The highest BCUT2D eigenvalue weighted by Gasteiger charge is 2.20. The van der Waals surface area contributed by atoms with Gasteiger partial charge in [0.25, 0.3) is 5.56 Å². The molecule has 134 valence electrons. The first-order valence-electron chi connectivity index (χ1n) is 8.30. The number of nitrogens with zero attached hydrogens (tertiary/aromatic N) is 2. The Balaban J connectivity index is 1.66. The number of H-pyrrole nitrogens is 1. The zero-order valence-electron chi connectivity index (χ0n) is 14.2. The Morgan fingerprint density at radius 3 is 3.12 bits per heavy atom. The Morgan fingerprint density at radius 2 is 2.32 bits per heavy atom. The van der Waals surface area contributed by atoms with Gasteiger partial charge in [0, 0.05) is 37.3 Å². The van der Waals surface area contributed by atoms with Crippen molar-refractivity contribution in [2.45, 2.75) is 13.0 Å². The molecule has 0 amide bonds. The topological polar surface area (TPSA) is 67.5 Å². The summed E-state index contributed by atoms with van der Waals surface area (Å²) in [5.74, 6) is 0.149. The number of ether oxygens (including phenoxy) is 2. The fourth-order valence-electron chi connectivity index (χ4n) is 3.10. The molecule has 1 aromatic heterocycles. The van der Waals surface area contributed by atoms with Crippen LogP contribution in [0.3, 0.4) is 0 Å². The van der Waals surface area contributed by atoms with E-state index in [2.05, 4.69) is 14.9 Å². The maximum atomic E-state index is 13.6. The van der Waals surface area contributed by atoms with Crippen LogP contribution in [0, 0.1) is 11.7 Å². The summed E-state index contributed by atoms with van der Waals surface area (Å²) < 4.78 is 24.3. The molecule has 1 aromatic carbocycles. The Morgan fingerprint density at radius 1 is 1.44 bits per heavy atom. The average molecular weight is 347 g/mol. The lowest BCUT2D eigenvalue weighted by Gasteiger charge is -2.23. The fraction of sp³-hybridized carbons (Fsp3) is 0.444. The van der Waals surface area contributed by atoms with Gasteiger partial charge in [-0.25, -0.2) is 9.37 Å². The van der Waals surface area contributed by atoms with E-state index in [0.29, 0.717) is 26.2 Å². The van der Waals surface area contributed by atoms with Crippen molar-refractivity contribution in [1.29, 1.82) is 0 Å². The molecule has 1 aliphatic rings. The highest BCUT2D eigenvalue weighted by atomic mass is 19.1. The first kappa shape index (κ1) is 17.6. The predicted molar refractivity (Wildman–Crippen MR) is 91.1 cm³/mol. The number of nitrogens with one attached hydrogen (secondary N) is 1. The van der Waals surface area contributed by atoms with Crippen LogP contribution in [0.1, 0.15) is 11.3 Å². The van der Waals surface area contributed by atoms with Gasteiger partial charge in [0.15, 0.2) is 11.6 Å². The van der Waals surface area contributed by atoms with E-state index in [1.54, 1.807) is 12.1 Å². The lowest BCUT2D eigenvalue weighted by Crippen LogP contribution is -2.30. The van der Waals surface area contributed by atoms with Gasteiger partial charge in [0.1, 0.15) is 0 Å². The third-order valence-corrected chi connectivity index (χ3v) is 4.28. The van der Waals surface area contributed by atoms with Crippen molar-refractivity contribution in [3.05, 3.63) is 58.0 Å². The van der Waals surface area contributed by atoms with E-state index in [4.69, 9.17) is 9.47 Å². The van der Waals surface area contributed by atoms with Crippen LogP contribution in [0.2, 0.25) is 0 Å². The molecular weight excluding hydrogens is 325 g/mol. The number of benzene rings is 1. The fourth-order valence-corrected chi connectivity index (χ4v) is 3.10. The van der Waals surface area contributed by atoms with Crippen molar-refractivity contribution in [2.75, 3.05) is 33.4 Å². The quantitative estimate of drug-likeness (QED) is 0.890. The second-order valence-electron chi connectivity index (χ2n) is 6.25. The Hall–Kier alpha value is -2.25. The number of halogens is 1. The molecule has 7 heteroatoms. The average Bonchev–Trinajstić information content (AvgIpc) is 2.81. The molecule has 1 aliphatic heterocycles. The minimum atomic E-state index is -0.358. The molecule has 1 fully saturated rings. The normalized spacial score (nSPS) is 18.7. The van der Waals surface area contributed by atoms with Gasteiger partial charge < -0.3 is 14.5 Å². The van der Waals surface area contributed by atoms with Gasteiger partial charge in [-0.3, -0.25) is 9.69 Å². The number of aromatic nitrogens is 2. The van der Waals surface area contributed by atoms with Crippen molar-refractivity contribution in [2.24, 2.45) is 5.92 Å². The van der Waals surface area contributed by atoms with Gasteiger partial charge in [-0.1, -0.05) is 6.07 Å². The first-order valence-corrected chi connectivity index (χ1v) is 8.30. The van der Waals surface area contributed by atoms with Crippen LogP contribution < -0.4 is 10.3 Å². The van der Waals surface area contributed by atoms with Crippen LogP contribution >= 0.6 is 0 Å². The molecule has 0 saturated carbocycles. The van der Waals surface area contributed by atoms with E-state index in [9.17, 15) is 9.18 Å². The minimum absolute atomic E-state index is 0.144. The number of hydrogen-bond acceptors (Lipinski definition) is 5. The van der Waals surface area contributed by atoms with Crippen LogP contribution in [0.15, 0.2) is 35.4 Å². The standard InChI is InChI=1S/C18H22FN3O3/c1-24-17-7-13(2-3-16(17)19)9-22-4-5-25-11-14(10-22)6-15-8-18(23)21-12-20-15/h2-3,7-8,12,14H,4-6,9-11H2,1H3,(H,20,21,23). The highest BCUT2D eigenvalue weighted by molar-refractivity contribution is 5.30. The predicted octanol–water partition coefficient (Wildman–Crippen LogP) is 1.61. The summed E-state index contributed by atoms with van der Waals surface area (Å²) in [5.41, 5.74) is 1.62. The zero-order chi connectivity index (χ0) is 17.6. The molecule has 0 bridgehead atoms. The van der Waals surface area contributed by atoms with Crippen molar-refractivity contribution >= 4 is 0 Å². The van der Waals surface area contributed by atoms with Crippen LogP contribution in [-0.2, 0) is 17.7 Å². The molecular formula is C18H22FN3O3. The number of aromatic amines is 1. The van der Waals surface area contributed by atoms with Crippen molar-refractivity contribution in [3.8, 4) is 5.75 Å². The number of hydrogen-bond donors (Lipinski definition) is 1. The highest BCUT2D eigenvalue weighted by Crippen LogP contribution is 2.20. The SMILES string of the molecule is COc1cc(CN2CCOCC(Cc3cc(=O)[nH]cn3)C2)ccc1F. The van der Waals surface area contributed by atoms with Gasteiger partial charge >= 0.3 is 0 Å². The molecule has 1 atom stereocenters.